The lowest BCUT2D eigenvalue weighted by molar-refractivity contribution is -0.131. The quantitative estimate of drug-likeness (QED) is 0.768. The Labute approximate surface area is 89.3 Å². The third-order valence-electron chi connectivity index (χ3n) is 2.12. The Morgan fingerprint density at radius 1 is 1.47 bits per heavy atom. The normalized spacial score (nSPS) is 12.2. The van der Waals surface area contributed by atoms with Crippen LogP contribution in [0.1, 0.15) is 12.5 Å². The molecular formula is C11H16N2O2. The average Bonchev–Trinajstić information content (AvgIpc) is 2.20. The van der Waals surface area contributed by atoms with Crippen LogP contribution < -0.4 is 5.73 Å². The highest BCUT2D eigenvalue weighted by molar-refractivity contribution is 5.80. The molecule has 0 radical (unpaired) electrons. The van der Waals surface area contributed by atoms with E-state index in [1.54, 1.807) is 43.1 Å². The second-order valence-corrected chi connectivity index (χ2v) is 3.65. The zero-order valence-electron chi connectivity index (χ0n) is 8.97. The molecule has 0 saturated heterocycles. The van der Waals surface area contributed by atoms with Gasteiger partial charge in [-0.2, -0.15) is 0 Å². The standard InChI is InChI=1S/C11H16N2O2/c1-8(12)11(15)13(2)7-9-3-5-10(14)6-4-9/h3-6,8,14H,7,12H2,1-2H3/t8-/m1/s1. The molecule has 15 heavy (non-hydrogen) atoms. The second-order valence-electron chi connectivity index (χ2n) is 3.65. The lowest BCUT2D eigenvalue weighted by atomic mass is 10.2. The number of rotatable bonds is 3. The number of nitrogens with two attached hydrogens (primary N) is 1. The maximum Gasteiger partial charge on any atom is 0.239 e. The van der Waals surface area contributed by atoms with Gasteiger partial charge in [0.15, 0.2) is 0 Å². The highest BCUT2D eigenvalue weighted by Gasteiger charge is 2.13. The van der Waals surface area contributed by atoms with Crippen molar-refractivity contribution in [2.24, 2.45) is 5.73 Å². The summed E-state index contributed by atoms with van der Waals surface area (Å²) in [7, 11) is 1.71. The van der Waals surface area contributed by atoms with E-state index in [-0.39, 0.29) is 11.7 Å². The van der Waals surface area contributed by atoms with Gasteiger partial charge in [-0.25, -0.2) is 0 Å². The van der Waals surface area contributed by atoms with Crippen molar-refractivity contribution in [3.05, 3.63) is 29.8 Å². The number of likely N-dealkylation sites (N-methyl/N-ethyl adjacent to an activating group) is 1. The minimum atomic E-state index is -0.480. The molecule has 0 aromatic heterocycles. The number of hydrogen-bond donors (Lipinski definition) is 2. The highest BCUT2D eigenvalue weighted by atomic mass is 16.3. The molecule has 1 aromatic carbocycles. The summed E-state index contributed by atoms with van der Waals surface area (Å²) in [5.74, 6) is 0.128. The van der Waals surface area contributed by atoms with E-state index in [1.807, 2.05) is 0 Å². The van der Waals surface area contributed by atoms with Gasteiger partial charge in [-0.3, -0.25) is 4.79 Å². The van der Waals surface area contributed by atoms with Crippen molar-refractivity contribution in [3.8, 4) is 5.75 Å². The van der Waals surface area contributed by atoms with Crippen LogP contribution >= 0.6 is 0 Å². The summed E-state index contributed by atoms with van der Waals surface area (Å²) in [6.45, 7) is 2.16. The van der Waals surface area contributed by atoms with Gasteiger partial charge in [0.2, 0.25) is 5.91 Å². The lowest BCUT2D eigenvalue weighted by Crippen LogP contribution is -2.39. The first-order chi connectivity index (χ1) is 7.00. The van der Waals surface area contributed by atoms with Crippen molar-refractivity contribution in [1.29, 1.82) is 0 Å². The van der Waals surface area contributed by atoms with Crippen LogP contribution in [0.4, 0.5) is 0 Å². The molecule has 1 atom stereocenters. The first-order valence-electron chi connectivity index (χ1n) is 4.79. The summed E-state index contributed by atoms with van der Waals surface area (Å²) >= 11 is 0. The summed E-state index contributed by atoms with van der Waals surface area (Å²) in [6, 6.07) is 6.27. The first kappa shape index (κ1) is 11.5. The maximum atomic E-state index is 11.5. The molecule has 3 N–H and O–H groups in total. The van der Waals surface area contributed by atoms with Crippen LogP contribution in [0.5, 0.6) is 5.75 Å². The third kappa shape index (κ3) is 3.25. The Hall–Kier alpha value is -1.55. The Bertz CT molecular complexity index is 333. The minimum Gasteiger partial charge on any atom is -0.508 e. The second kappa shape index (κ2) is 4.79. The Balaban J connectivity index is 2.62. The number of hydrogen-bond acceptors (Lipinski definition) is 3. The SMILES string of the molecule is C[C@@H](N)C(=O)N(C)Cc1ccc(O)cc1. The maximum absolute atomic E-state index is 11.5. The number of phenols is 1. The summed E-state index contributed by atoms with van der Waals surface area (Å²) in [5, 5.41) is 9.09. The lowest BCUT2D eigenvalue weighted by Gasteiger charge is -2.19. The fourth-order valence-corrected chi connectivity index (χ4v) is 1.30. The Kier molecular flexibility index (Phi) is 3.68. The molecule has 1 aromatic rings. The first-order valence-corrected chi connectivity index (χ1v) is 4.79. The zero-order chi connectivity index (χ0) is 11.4. The van der Waals surface area contributed by atoms with Crippen LogP contribution in [-0.4, -0.2) is 29.0 Å². The van der Waals surface area contributed by atoms with Gasteiger partial charge in [0.25, 0.3) is 0 Å². The van der Waals surface area contributed by atoms with Crippen molar-refractivity contribution in [2.75, 3.05) is 7.05 Å². The van der Waals surface area contributed by atoms with Crippen LogP contribution in [-0.2, 0) is 11.3 Å². The third-order valence-corrected chi connectivity index (χ3v) is 2.12. The van der Waals surface area contributed by atoms with Crippen molar-refractivity contribution in [3.63, 3.8) is 0 Å². The number of carbonyl (C=O) groups excluding carboxylic acids is 1. The summed E-state index contributed by atoms with van der Waals surface area (Å²) in [5.41, 5.74) is 6.45. The molecule has 0 aliphatic heterocycles. The van der Waals surface area contributed by atoms with Gasteiger partial charge in [-0.1, -0.05) is 12.1 Å². The van der Waals surface area contributed by atoms with Crippen LogP contribution in [0.15, 0.2) is 24.3 Å². The molecule has 4 nitrogen and oxygen atoms in total. The molecule has 0 aliphatic rings. The van der Waals surface area contributed by atoms with E-state index in [0.717, 1.165) is 5.56 Å². The number of aromatic hydroxyl groups is 1. The number of carbonyl (C=O) groups is 1. The smallest absolute Gasteiger partial charge is 0.239 e. The van der Waals surface area contributed by atoms with Crippen LogP contribution in [0.2, 0.25) is 0 Å². The van der Waals surface area contributed by atoms with E-state index < -0.39 is 6.04 Å². The molecule has 82 valence electrons. The van der Waals surface area contributed by atoms with Crippen LogP contribution in [0.25, 0.3) is 0 Å². The molecule has 0 aliphatic carbocycles. The van der Waals surface area contributed by atoms with Crippen molar-refractivity contribution in [2.45, 2.75) is 19.5 Å². The molecule has 0 unspecified atom stereocenters. The van der Waals surface area contributed by atoms with E-state index in [1.165, 1.54) is 0 Å². The van der Waals surface area contributed by atoms with Gasteiger partial charge < -0.3 is 15.7 Å². The van der Waals surface area contributed by atoms with Gasteiger partial charge >= 0.3 is 0 Å². The minimum absolute atomic E-state index is 0.0944. The zero-order valence-corrected chi connectivity index (χ0v) is 8.97. The largest absolute Gasteiger partial charge is 0.508 e. The molecule has 4 heteroatoms. The summed E-state index contributed by atoms with van der Waals surface area (Å²) in [4.78, 5) is 13.0. The molecule has 0 spiro atoms. The molecule has 0 saturated carbocycles. The number of phenolic OH excluding ortho intramolecular Hbond substituents is 1. The summed E-state index contributed by atoms with van der Waals surface area (Å²) in [6.07, 6.45) is 0. The fraction of sp³-hybridized carbons (Fsp3) is 0.364. The average molecular weight is 208 g/mol. The molecular weight excluding hydrogens is 192 g/mol. The number of nitrogens with zero attached hydrogens (tertiary/aromatic N) is 1. The van der Waals surface area contributed by atoms with Gasteiger partial charge in [0, 0.05) is 13.6 Å². The van der Waals surface area contributed by atoms with Crippen LogP contribution in [0, 0.1) is 0 Å². The van der Waals surface area contributed by atoms with Gasteiger partial charge in [-0.05, 0) is 24.6 Å². The molecule has 0 heterocycles. The van der Waals surface area contributed by atoms with Crippen molar-refractivity contribution < 1.29 is 9.90 Å². The fourth-order valence-electron chi connectivity index (χ4n) is 1.30. The van der Waals surface area contributed by atoms with E-state index in [0.29, 0.717) is 6.54 Å². The molecule has 1 rings (SSSR count). The van der Waals surface area contributed by atoms with E-state index >= 15 is 0 Å². The van der Waals surface area contributed by atoms with Crippen molar-refractivity contribution in [1.82, 2.24) is 4.90 Å². The van der Waals surface area contributed by atoms with E-state index in [2.05, 4.69) is 0 Å². The van der Waals surface area contributed by atoms with Gasteiger partial charge in [-0.15, -0.1) is 0 Å². The van der Waals surface area contributed by atoms with Crippen molar-refractivity contribution >= 4 is 5.91 Å². The predicted molar refractivity (Wildman–Crippen MR) is 58.2 cm³/mol. The summed E-state index contributed by atoms with van der Waals surface area (Å²) < 4.78 is 0. The topological polar surface area (TPSA) is 66.6 Å². The Morgan fingerprint density at radius 3 is 2.47 bits per heavy atom. The van der Waals surface area contributed by atoms with Gasteiger partial charge in [0.1, 0.15) is 5.75 Å². The predicted octanol–water partition coefficient (Wildman–Crippen LogP) is 0.698. The monoisotopic (exact) mass is 208 g/mol. The molecule has 1 amide bonds. The Morgan fingerprint density at radius 2 is 2.00 bits per heavy atom. The van der Waals surface area contributed by atoms with Crippen LogP contribution in [0.3, 0.4) is 0 Å². The molecule has 0 fully saturated rings. The van der Waals surface area contributed by atoms with E-state index in [9.17, 15) is 4.79 Å². The number of benzene rings is 1. The van der Waals surface area contributed by atoms with Gasteiger partial charge in [0.05, 0.1) is 6.04 Å². The number of amides is 1. The highest BCUT2D eigenvalue weighted by Crippen LogP contribution is 2.11. The molecule has 0 bridgehead atoms. The van der Waals surface area contributed by atoms with E-state index in [4.69, 9.17) is 10.8 Å².